The van der Waals surface area contributed by atoms with Crippen LogP contribution in [0.4, 0.5) is 0 Å². The molecule has 1 N–H and O–H groups in total. The van der Waals surface area contributed by atoms with Crippen LogP contribution in [0.25, 0.3) is 11.1 Å². The van der Waals surface area contributed by atoms with Crippen molar-refractivity contribution in [2.75, 3.05) is 14.1 Å². The standard InChI is InChI=1S/C30H39N.C4H8O/c1-24-14-10-13-19-29(24)30-21-20-26(22-25(30)2)15-8-6-5-7-9-16-27-17-11-12-18-28(27)23-31(3)4;1-3-4(2)5/h10-14,17-22H,5-9,15-16,23H2,1-4H3;5H,2-3H2,1H3. The van der Waals surface area contributed by atoms with Gasteiger partial charge in [-0.15, -0.1) is 0 Å². The number of rotatable bonds is 12. The van der Waals surface area contributed by atoms with Crippen LogP contribution in [0.5, 0.6) is 0 Å². The van der Waals surface area contributed by atoms with Gasteiger partial charge in [0.25, 0.3) is 0 Å². The van der Waals surface area contributed by atoms with Crippen molar-refractivity contribution in [3.63, 3.8) is 0 Å². The van der Waals surface area contributed by atoms with E-state index in [1.807, 2.05) is 6.92 Å². The first kappa shape index (κ1) is 29.4. The van der Waals surface area contributed by atoms with Crippen molar-refractivity contribution in [1.29, 1.82) is 0 Å². The Morgan fingerprint density at radius 1 is 0.722 bits per heavy atom. The third-order valence-corrected chi connectivity index (χ3v) is 6.65. The van der Waals surface area contributed by atoms with Gasteiger partial charge in [0.2, 0.25) is 0 Å². The molecule has 0 saturated carbocycles. The molecule has 36 heavy (non-hydrogen) atoms. The number of nitrogens with zero attached hydrogens (tertiary/aromatic N) is 1. The second kappa shape index (κ2) is 16.0. The third kappa shape index (κ3) is 10.4. The summed E-state index contributed by atoms with van der Waals surface area (Å²) in [6.07, 6.45) is 9.68. The Bertz CT molecular complexity index is 1070. The second-order valence-electron chi connectivity index (χ2n) is 10.2. The quantitative estimate of drug-likeness (QED) is 0.204. The number of hydrogen-bond donors (Lipinski definition) is 1. The number of aliphatic hydroxyl groups is 1. The second-order valence-corrected chi connectivity index (χ2v) is 10.2. The zero-order chi connectivity index (χ0) is 26.3. The summed E-state index contributed by atoms with van der Waals surface area (Å²) in [6, 6.07) is 24.7. The van der Waals surface area contributed by atoms with E-state index in [1.54, 1.807) is 0 Å². The molecule has 2 nitrogen and oxygen atoms in total. The van der Waals surface area contributed by atoms with Gasteiger partial charge in [0.05, 0.1) is 5.76 Å². The van der Waals surface area contributed by atoms with Gasteiger partial charge in [-0.2, -0.15) is 0 Å². The molecule has 0 aliphatic heterocycles. The van der Waals surface area contributed by atoms with Crippen molar-refractivity contribution in [3.05, 3.63) is 107 Å². The Kier molecular flexibility index (Phi) is 13.1. The van der Waals surface area contributed by atoms with Crippen LogP contribution in [0.15, 0.2) is 79.1 Å². The highest BCUT2D eigenvalue weighted by Gasteiger charge is 2.06. The summed E-state index contributed by atoms with van der Waals surface area (Å²) in [4.78, 5) is 2.26. The van der Waals surface area contributed by atoms with E-state index in [0.29, 0.717) is 6.42 Å². The van der Waals surface area contributed by atoms with Crippen LogP contribution in [-0.4, -0.2) is 24.1 Å². The lowest BCUT2D eigenvalue weighted by Crippen LogP contribution is -2.12. The Labute approximate surface area is 220 Å². The maximum Gasteiger partial charge on any atom is 0.0848 e. The first-order valence-electron chi connectivity index (χ1n) is 13.6. The fourth-order valence-electron chi connectivity index (χ4n) is 4.53. The molecular weight excluding hydrogens is 438 g/mol. The maximum atomic E-state index is 8.17. The molecule has 0 bridgehead atoms. The molecule has 3 aromatic rings. The van der Waals surface area contributed by atoms with Gasteiger partial charge in [-0.25, -0.2) is 0 Å². The van der Waals surface area contributed by atoms with Gasteiger partial charge in [0, 0.05) is 13.0 Å². The Morgan fingerprint density at radius 3 is 1.89 bits per heavy atom. The van der Waals surface area contributed by atoms with Gasteiger partial charge in [-0.3, -0.25) is 0 Å². The summed E-state index contributed by atoms with van der Waals surface area (Å²) in [7, 11) is 4.29. The first-order chi connectivity index (χ1) is 17.3. The minimum absolute atomic E-state index is 0.255. The smallest absolute Gasteiger partial charge is 0.0848 e. The zero-order valence-electron chi connectivity index (χ0n) is 23.3. The fraction of sp³-hybridized carbons (Fsp3) is 0.412. The SMILES string of the molecule is C=C(O)CC.Cc1ccccc1-c1ccc(CCCCCCCc2ccccc2CN(C)C)cc1C. The molecule has 0 heterocycles. The van der Waals surface area contributed by atoms with E-state index in [2.05, 4.69) is 106 Å². The topological polar surface area (TPSA) is 23.5 Å². The van der Waals surface area contributed by atoms with Crippen molar-refractivity contribution >= 4 is 0 Å². The van der Waals surface area contributed by atoms with E-state index in [-0.39, 0.29) is 5.76 Å². The summed E-state index contributed by atoms with van der Waals surface area (Å²) in [5, 5.41) is 8.17. The van der Waals surface area contributed by atoms with Crippen LogP contribution >= 0.6 is 0 Å². The number of allylic oxidation sites excluding steroid dienone is 1. The molecular formula is C34H47NO. The fourth-order valence-corrected chi connectivity index (χ4v) is 4.53. The van der Waals surface area contributed by atoms with Crippen LogP contribution in [0.1, 0.15) is 73.3 Å². The molecule has 194 valence electrons. The Balaban J connectivity index is 0.000000830. The molecule has 0 aliphatic carbocycles. The van der Waals surface area contributed by atoms with E-state index in [1.165, 1.54) is 83.9 Å². The van der Waals surface area contributed by atoms with Gasteiger partial charge < -0.3 is 10.0 Å². The lowest BCUT2D eigenvalue weighted by atomic mass is 9.94. The van der Waals surface area contributed by atoms with Crippen molar-refractivity contribution < 1.29 is 5.11 Å². The van der Waals surface area contributed by atoms with E-state index < -0.39 is 0 Å². The van der Waals surface area contributed by atoms with Crippen molar-refractivity contribution in [2.45, 2.75) is 78.7 Å². The maximum absolute atomic E-state index is 8.17. The third-order valence-electron chi connectivity index (χ3n) is 6.65. The lowest BCUT2D eigenvalue weighted by molar-refractivity contribution is 0.397. The predicted molar refractivity (Wildman–Crippen MR) is 158 cm³/mol. The minimum atomic E-state index is 0.255. The molecule has 0 aromatic heterocycles. The molecule has 3 aromatic carbocycles. The molecule has 0 radical (unpaired) electrons. The zero-order valence-corrected chi connectivity index (χ0v) is 23.3. The predicted octanol–water partition coefficient (Wildman–Crippen LogP) is 9.24. The van der Waals surface area contributed by atoms with Gasteiger partial charge in [0.1, 0.15) is 0 Å². The van der Waals surface area contributed by atoms with Crippen molar-refractivity contribution in [1.82, 2.24) is 4.90 Å². The van der Waals surface area contributed by atoms with Gasteiger partial charge >= 0.3 is 0 Å². The molecule has 0 amide bonds. The van der Waals surface area contributed by atoms with Crippen molar-refractivity contribution in [2.24, 2.45) is 0 Å². The van der Waals surface area contributed by atoms with Crippen LogP contribution < -0.4 is 0 Å². The van der Waals surface area contributed by atoms with Crippen LogP contribution in [0, 0.1) is 13.8 Å². The average molecular weight is 486 g/mol. The van der Waals surface area contributed by atoms with Crippen LogP contribution in [0.3, 0.4) is 0 Å². The van der Waals surface area contributed by atoms with Crippen molar-refractivity contribution in [3.8, 4) is 11.1 Å². The van der Waals surface area contributed by atoms with E-state index in [0.717, 1.165) is 6.54 Å². The average Bonchev–Trinajstić information content (AvgIpc) is 2.85. The lowest BCUT2D eigenvalue weighted by Gasteiger charge is -2.14. The first-order valence-corrected chi connectivity index (χ1v) is 13.6. The largest absolute Gasteiger partial charge is 0.513 e. The number of hydrogen-bond acceptors (Lipinski definition) is 2. The molecule has 0 atom stereocenters. The van der Waals surface area contributed by atoms with Crippen LogP contribution in [0.2, 0.25) is 0 Å². The monoisotopic (exact) mass is 485 g/mol. The molecule has 2 heteroatoms. The van der Waals surface area contributed by atoms with Gasteiger partial charge in [-0.05, 0) is 92.6 Å². The molecule has 0 aliphatic rings. The number of unbranched alkanes of at least 4 members (excludes halogenated alkanes) is 4. The summed E-state index contributed by atoms with van der Waals surface area (Å²) in [5.74, 6) is 0.255. The number of benzene rings is 3. The summed E-state index contributed by atoms with van der Waals surface area (Å²) >= 11 is 0. The molecule has 0 spiro atoms. The minimum Gasteiger partial charge on any atom is -0.513 e. The van der Waals surface area contributed by atoms with E-state index in [4.69, 9.17) is 5.11 Å². The highest BCUT2D eigenvalue weighted by Crippen LogP contribution is 2.27. The summed E-state index contributed by atoms with van der Waals surface area (Å²) in [6.45, 7) is 10.6. The molecule has 0 unspecified atom stereocenters. The van der Waals surface area contributed by atoms with E-state index in [9.17, 15) is 0 Å². The Hall–Kier alpha value is -2.84. The highest BCUT2D eigenvalue weighted by molar-refractivity contribution is 5.70. The number of aryl methyl sites for hydroxylation is 4. The molecule has 0 saturated heterocycles. The van der Waals surface area contributed by atoms with Gasteiger partial charge in [-0.1, -0.05) is 99.5 Å². The summed E-state index contributed by atoms with van der Waals surface area (Å²) in [5.41, 5.74) is 9.96. The van der Waals surface area contributed by atoms with Crippen LogP contribution in [-0.2, 0) is 19.4 Å². The van der Waals surface area contributed by atoms with E-state index >= 15 is 0 Å². The highest BCUT2D eigenvalue weighted by atomic mass is 16.3. The Morgan fingerprint density at radius 2 is 1.28 bits per heavy atom. The number of aliphatic hydroxyl groups excluding tert-OH is 1. The molecule has 3 rings (SSSR count). The van der Waals surface area contributed by atoms with Gasteiger partial charge in [0.15, 0.2) is 0 Å². The molecule has 0 fully saturated rings. The normalized spacial score (nSPS) is 10.7. The summed E-state index contributed by atoms with van der Waals surface area (Å²) < 4.78 is 0.